The van der Waals surface area contributed by atoms with Gasteiger partial charge in [0.15, 0.2) is 0 Å². The summed E-state index contributed by atoms with van der Waals surface area (Å²) in [5, 5.41) is 3.95. The molecule has 0 unspecified atom stereocenters. The molecule has 1 saturated heterocycles. The fraction of sp³-hybridized carbons (Fsp3) is 0.625. The molecule has 2 saturated carbocycles. The van der Waals surface area contributed by atoms with E-state index in [1.807, 2.05) is 0 Å². The number of nitrogens with two attached hydrogens (primary N) is 1. The van der Waals surface area contributed by atoms with Crippen molar-refractivity contribution in [2.24, 2.45) is 17.1 Å². The van der Waals surface area contributed by atoms with Crippen LogP contribution in [0.1, 0.15) is 57.4 Å². The van der Waals surface area contributed by atoms with Gasteiger partial charge in [0.1, 0.15) is 0 Å². The Bertz CT molecular complexity index is 708. The number of halogens is 2. The summed E-state index contributed by atoms with van der Waals surface area (Å²) in [5.74, 6) is 0.553. The van der Waals surface area contributed by atoms with E-state index in [9.17, 15) is 4.79 Å². The second-order valence-corrected chi connectivity index (χ2v) is 9.26. The van der Waals surface area contributed by atoms with Gasteiger partial charge in [-0.25, -0.2) is 0 Å². The maximum Gasteiger partial charge on any atom is 0.218 e. The van der Waals surface area contributed by atoms with Gasteiger partial charge in [0, 0.05) is 25.0 Å². The van der Waals surface area contributed by atoms with Gasteiger partial charge in [-0.3, -0.25) is 4.79 Å². The molecule has 3 aliphatic rings. The number of hydrogen-bond donors (Lipinski definition) is 2. The first-order valence-electron chi connectivity index (χ1n) is 11.1. The van der Waals surface area contributed by atoms with Gasteiger partial charge >= 0.3 is 0 Å². The molecule has 1 aromatic rings. The molecular formula is C24H37Cl2N3O. The number of carbonyl (C=O) groups excluding carboxylic acids is 1. The Kier molecular flexibility index (Phi) is 9.23. The lowest BCUT2D eigenvalue weighted by atomic mass is 9.60. The number of nitrogens with zero attached hydrogens (tertiary/aromatic N) is 1. The van der Waals surface area contributed by atoms with Gasteiger partial charge in [0.05, 0.1) is 0 Å². The van der Waals surface area contributed by atoms with Crippen molar-refractivity contribution in [1.29, 1.82) is 0 Å². The minimum absolute atomic E-state index is 0. The molecule has 1 aromatic carbocycles. The minimum Gasteiger partial charge on any atom is -0.370 e. The number of likely N-dealkylation sites (tertiary alicyclic amines) is 1. The first-order chi connectivity index (χ1) is 13.6. The van der Waals surface area contributed by atoms with Gasteiger partial charge in [-0.15, -0.1) is 24.8 Å². The third-order valence-electron chi connectivity index (χ3n) is 7.23. The average Bonchev–Trinajstić information content (AvgIpc) is 3.44. The zero-order valence-corrected chi connectivity index (χ0v) is 19.6. The first-order valence-corrected chi connectivity index (χ1v) is 11.1. The number of hydrogen-bond acceptors (Lipinski definition) is 3. The highest BCUT2D eigenvalue weighted by molar-refractivity contribution is 5.85. The Morgan fingerprint density at radius 2 is 1.87 bits per heavy atom. The van der Waals surface area contributed by atoms with Crippen molar-refractivity contribution < 1.29 is 4.79 Å². The minimum atomic E-state index is -0.181. The summed E-state index contributed by atoms with van der Waals surface area (Å²) in [6.07, 6.45) is 10.6. The van der Waals surface area contributed by atoms with Crippen molar-refractivity contribution in [2.75, 3.05) is 19.6 Å². The third-order valence-corrected chi connectivity index (χ3v) is 7.23. The summed E-state index contributed by atoms with van der Waals surface area (Å²) in [6.45, 7) is 5.39. The number of amides is 1. The Hall–Kier alpha value is -1.07. The van der Waals surface area contributed by atoms with Crippen molar-refractivity contribution in [3.8, 4) is 0 Å². The molecule has 0 radical (unpaired) electrons. The fourth-order valence-corrected chi connectivity index (χ4v) is 5.36. The van der Waals surface area contributed by atoms with E-state index in [4.69, 9.17) is 5.73 Å². The Labute approximate surface area is 193 Å². The van der Waals surface area contributed by atoms with Crippen molar-refractivity contribution in [3.05, 3.63) is 41.5 Å². The quantitative estimate of drug-likeness (QED) is 0.611. The highest BCUT2D eigenvalue weighted by Crippen LogP contribution is 2.51. The first kappa shape index (κ1) is 25.2. The van der Waals surface area contributed by atoms with E-state index in [-0.39, 0.29) is 30.7 Å². The molecule has 1 aliphatic heterocycles. The van der Waals surface area contributed by atoms with Crippen LogP contribution in [0.25, 0.3) is 6.08 Å². The van der Waals surface area contributed by atoms with Crippen LogP contribution in [0.3, 0.4) is 0 Å². The maximum atomic E-state index is 11.0. The molecule has 2 atom stereocenters. The molecular weight excluding hydrogens is 417 g/mol. The van der Waals surface area contributed by atoms with Crippen LogP contribution in [0.2, 0.25) is 0 Å². The lowest BCUT2D eigenvalue weighted by Crippen LogP contribution is -2.54. The third kappa shape index (κ3) is 6.23. The monoisotopic (exact) mass is 453 g/mol. The summed E-state index contributed by atoms with van der Waals surface area (Å²) < 4.78 is 0. The molecule has 0 bridgehead atoms. The molecule has 3 fully saturated rings. The van der Waals surface area contributed by atoms with E-state index < -0.39 is 0 Å². The highest BCUT2D eigenvalue weighted by atomic mass is 35.5. The van der Waals surface area contributed by atoms with Crippen LogP contribution in [0.4, 0.5) is 0 Å². The Balaban J connectivity index is 0.00000160. The maximum absolute atomic E-state index is 11.0. The molecule has 2 aliphatic carbocycles. The summed E-state index contributed by atoms with van der Waals surface area (Å²) in [4.78, 5) is 13.4. The highest BCUT2D eigenvalue weighted by Gasteiger charge is 2.49. The lowest BCUT2D eigenvalue weighted by molar-refractivity contribution is -0.118. The zero-order valence-electron chi connectivity index (χ0n) is 18.0. The van der Waals surface area contributed by atoms with Crippen LogP contribution >= 0.6 is 24.8 Å². The number of nitrogens with one attached hydrogen (secondary N) is 1. The van der Waals surface area contributed by atoms with Gasteiger partial charge in [-0.05, 0) is 68.5 Å². The molecule has 30 heavy (non-hydrogen) atoms. The van der Waals surface area contributed by atoms with Gasteiger partial charge in [-0.1, -0.05) is 48.9 Å². The van der Waals surface area contributed by atoms with Gasteiger partial charge in [-0.2, -0.15) is 0 Å². The van der Waals surface area contributed by atoms with Crippen molar-refractivity contribution in [1.82, 2.24) is 10.2 Å². The summed E-state index contributed by atoms with van der Waals surface area (Å²) in [5.41, 5.74) is 8.77. The summed E-state index contributed by atoms with van der Waals surface area (Å²) in [7, 11) is 0. The fourth-order valence-electron chi connectivity index (χ4n) is 5.36. The van der Waals surface area contributed by atoms with Crippen LogP contribution in [0.5, 0.6) is 0 Å². The second kappa shape index (κ2) is 11.0. The van der Waals surface area contributed by atoms with Crippen molar-refractivity contribution in [2.45, 2.75) is 64.0 Å². The second-order valence-electron chi connectivity index (χ2n) is 9.26. The summed E-state index contributed by atoms with van der Waals surface area (Å²) in [6, 6.07) is 12.1. The van der Waals surface area contributed by atoms with Crippen LogP contribution in [-0.2, 0) is 4.79 Å². The standard InChI is InChI=1S/C24H35N3O.2ClH/c1-2-19(14-18-6-4-3-5-7-18)21-15-22(21)26-20-16-24(17-20)9-12-27(13-10-24)11-8-23(25)28;;/h3-7,14,20-22,26H,2,8-13,15-17H2,1H3,(H2,25,28);2*1H/b19-14+;;/t21-,22+;;/m1../s1. The van der Waals surface area contributed by atoms with Gasteiger partial charge < -0.3 is 16.0 Å². The zero-order chi connectivity index (χ0) is 19.6. The normalized spacial score (nSPS) is 25.7. The van der Waals surface area contributed by atoms with E-state index in [2.05, 4.69) is 53.5 Å². The van der Waals surface area contributed by atoms with Crippen LogP contribution in [-0.4, -0.2) is 42.5 Å². The Morgan fingerprint density at radius 1 is 1.20 bits per heavy atom. The van der Waals surface area contributed by atoms with E-state index in [0.717, 1.165) is 32.0 Å². The SMILES string of the molecule is CC/C(=C\c1ccccc1)[C@H]1C[C@@H]1NC1CC2(CCN(CCC(N)=O)CC2)C1.Cl.Cl. The van der Waals surface area contributed by atoms with Crippen molar-refractivity contribution in [3.63, 3.8) is 0 Å². The average molecular weight is 454 g/mol. The van der Waals surface area contributed by atoms with E-state index in [1.54, 1.807) is 5.57 Å². The van der Waals surface area contributed by atoms with Crippen LogP contribution in [0.15, 0.2) is 35.9 Å². The Morgan fingerprint density at radius 3 is 2.47 bits per heavy atom. The van der Waals surface area contributed by atoms with Crippen LogP contribution < -0.4 is 11.1 Å². The number of benzene rings is 1. The molecule has 168 valence electrons. The van der Waals surface area contributed by atoms with E-state index >= 15 is 0 Å². The number of primary amides is 1. The number of rotatable bonds is 8. The van der Waals surface area contributed by atoms with E-state index in [0.29, 0.717) is 23.9 Å². The molecule has 0 aromatic heterocycles. The number of piperidine rings is 1. The predicted molar refractivity (Wildman–Crippen MR) is 129 cm³/mol. The van der Waals surface area contributed by atoms with Crippen LogP contribution in [0, 0.1) is 11.3 Å². The molecule has 6 heteroatoms. The largest absolute Gasteiger partial charge is 0.370 e. The molecule has 3 N–H and O–H groups in total. The predicted octanol–water partition coefficient (Wildman–Crippen LogP) is 4.42. The molecule has 1 heterocycles. The van der Waals surface area contributed by atoms with Gasteiger partial charge in [0.25, 0.3) is 0 Å². The lowest BCUT2D eigenvalue weighted by Gasteiger charge is -2.52. The smallest absolute Gasteiger partial charge is 0.218 e. The van der Waals surface area contributed by atoms with Crippen molar-refractivity contribution >= 4 is 36.8 Å². The number of carbonyl (C=O) groups is 1. The molecule has 4 rings (SSSR count). The van der Waals surface area contributed by atoms with E-state index in [1.165, 1.54) is 37.7 Å². The summed E-state index contributed by atoms with van der Waals surface area (Å²) >= 11 is 0. The molecule has 4 nitrogen and oxygen atoms in total. The van der Waals surface area contributed by atoms with Gasteiger partial charge in [0.2, 0.25) is 5.91 Å². The molecule has 1 spiro atoms. The topological polar surface area (TPSA) is 58.4 Å². The molecule has 1 amide bonds.